The molecule has 0 aliphatic heterocycles. The smallest absolute Gasteiger partial charge is 0.303 e. The Morgan fingerprint density at radius 1 is 0.759 bits per heavy atom. The van der Waals surface area contributed by atoms with Crippen LogP contribution in [0.4, 0.5) is 0 Å². The second-order valence-corrected chi connectivity index (χ2v) is 7.52. The van der Waals surface area contributed by atoms with Crippen LogP contribution in [0.25, 0.3) is 11.1 Å². The first-order chi connectivity index (χ1) is 14.0. The summed E-state index contributed by atoms with van der Waals surface area (Å²) in [7, 11) is 0. The van der Waals surface area contributed by atoms with Gasteiger partial charge in [-0.3, -0.25) is 9.59 Å². The van der Waals surface area contributed by atoms with Gasteiger partial charge in [0, 0.05) is 23.4 Å². The molecule has 1 atom stereocenters. The number of benzene rings is 3. The van der Waals surface area contributed by atoms with Crippen molar-refractivity contribution in [2.75, 3.05) is 0 Å². The van der Waals surface area contributed by atoms with E-state index in [1.165, 1.54) is 0 Å². The number of hydrogen-bond donors (Lipinski definition) is 1. The number of carbonyl (C=O) groups excluding carboxylic acids is 1. The lowest BCUT2D eigenvalue weighted by molar-refractivity contribution is -0.137. The van der Waals surface area contributed by atoms with Crippen molar-refractivity contribution in [1.82, 2.24) is 0 Å². The highest BCUT2D eigenvalue weighted by Crippen LogP contribution is 2.30. The summed E-state index contributed by atoms with van der Waals surface area (Å²) in [4.78, 5) is 23.5. The zero-order chi connectivity index (χ0) is 20.6. The molecule has 3 nitrogen and oxygen atoms in total. The normalized spacial score (nSPS) is 11.8. The summed E-state index contributed by atoms with van der Waals surface area (Å²) in [6, 6.07) is 25.0. The molecule has 3 aromatic rings. The quantitative estimate of drug-likeness (QED) is 0.406. The number of rotatable bonds is 9. The average molecular weight is 407 g/mol. The standard InChI is InChI=1S/C25H23ClO3/c26-23-14-10-20(11-15-23)18-6-8-19(9-7-18)21(13-17-25(28)29)12-16-24(27)22-4-2-1-3-5-22/h1-11,14-15,21H,12-13,16-17H2,(H,28,29). The monoisotopic (exact) mass is 406 g/mol. The van der Waals surface area contributed by atoms with Gasteiger partial charge in [0.25, 0.3) is 0 Å². The van der Waals surface area contributed by atoms with Crippen LogP contribution in [0.2, 0.25) is 5.02 Å². The van der Waals surface area contributed by atoms with Crippen molar-refractivity contribution in [3.8, 4) is 11.1 Å². The Kier molecular flexibility index (Phi) is 7.20. The third-order valence-electron chi connectivity index (χ3n) is 5.08. The molecule has 29 heavy (non-hydrogen) atoms. The van der Waals surface area contributed by atoms with Crippen molar-refractivity contribution >= 4 is 23.4 Å². The van der Waals surface area contributed by atoms with E-state index in [-0.39, 0.29) is 18.1 Å². The fraction of sp³-hybridized carbons (Fsp3) is 0.200. The van der Waals surface area contributed by atoms with E-state index in [0.717, 1.165) is 16.7 Å². The first kappa shape index (κ1) is 20.8. The molecule has 0 spiro atoms. The van der Waals surface area contributed by atoms with Gasteiger partial charge in [0.15, 0.2) is 5.78 Å². The first-order valence-corrected chi connectivity index (χ1v) is 10.1. The lowest BCUT2D eigenvalue weighted by Gasteiger charge is -2.17. The lowest BCUT2D eigenvalue weighted by Crippen LogP contribution is -2.07. The fourth-order valence-corrected chi connectivity index (χ4v) is 3.57. The van der Waals surface area contributed by atoms with E-state index in [2.05, 4.69) is 0 Å². The maximum absolute atomic E-state index is 12.5. The van der Waals surface area contributed by atoms with Gasteiger partial charge in [-0.2, -0.15) is 0 Å². The number of hydrogen-bond acceptors (Lipinski definition) is 2. The molecule has 3 rings (SSSR count). The number of Topliss-reactive ketones (excluding diaryl/α,β-unsaturated/α-hetero) is 1. The predicted octanol–water partition coefficient (Wildman–Crippen LogP) is 6.62. The molecule has 148 valence electrons. The van der Waals surface area contributed by atoms with Gasteiger partial charge >= 0.3 is 5.97 Å². The molecule has 0 aliphatic rings. The number of carbonyl (C=O) groups is 2. The fourth-order valence-electron chi connectivity index (χ4n) is 3.44. The van der Waals surface area contributed by atoms with Gasteiger partial charge in [-0.1, -0.05) is 78.3 Å². The highest BCUT2D eigenvalue weighted by Gasteiger charge is 2.16. The van der Waals surface area contributed by atoms with Crippen LogP contribution < -0.4 is 0 Å². The molecule has 1 unspecified atom stereocenters. The molecule has 0 radical (unpaired) electrons. The Hall–Kier alpha value is -2.91. The Labute approximate surface area is 176 Å². The van der Waals surface area contributed by atoms with E-state index in [1.54, 1.807) is 0 Å². The maximum Gasteiger partial charge on any atom is 0.303 e. The molecule has 3 aromatic carbocycles. The van der Waals surface area contributed by atoms with Crippen molar-refractivity contribution < 1.29 is 14.7 Å². The molecule has 0 bridgehead atoms. The zero-order valence-corrected chi connectivity index (χ0v) is 16.8. The molecule has 0 saturated heterocycles. The van der Waals surface area contributed by atoms with Crippen molar-refractivity contribution in [2.24, 2.45) is 0 Å². The average Bonchev–Trinajstić information content (AvgIpc) is 2.75. The van der Waals surface area contributed by atoms with Crippen LogP contribution in [0.15, 0.2) is 78.9 Å². The molecule has 0 amide bonds. The van der Waals surface area contributed by atoms with E-state index >= 15 is 0 Å². The van der Waals surface area contributed by atoms with E-state index in [0.29, 0.717) is 29.8 Å². The van der Waals surface area contributed by atoms with E-state index in [1.807, 2.05) is 78.9 Å². The van der Waals surface area contributed by atoms with Crippen LogP contribution in [-0.2, 0) is 4.79 Å². The SMILES string of the molecule is O=C(O)CCC(CCC(=O)c1ccccc1)c1ccc(-c2ccc(Cl)cc2)cc1. The van der Waals surface area contributed by atoms with Gasteiger partial charge in [0.1, 0.15) is 0 Å². The third kappa shape index (κ3) is 6.03. The van der Waals surface area contributed by atoms with Crippen molar-refractivity contribution in [3.05, 3.63) is 95.0 Å². The zero-order valence-electron chi connectivity index (χ0n) is 16.1. The van der Waals surface area contributed by atoms with Crippen molar-refractivity contribution in [1.29, 1.82) is 0 Å². The minimum atomic E-state index is -0.817. The number of carboxylic acids is 1. The molecule has 0 fully saturated rings. The molecule has 0 aliphatic carbocycles. The van der Waals surface area contributed by atoms with Gasteiger partial charge < -0.3 is 5.11 Å². The summed E-state index contributed by atoms with van der Waals surface area (Å²) in [5.41, 5.74) is 3.90. The number of halogens is 1. The van der Waals surface area contributed by atoms with Crippen molar-refractivity contribution in [2.45, 2.75) is 31.6 Å². The molecular formula is C25H23ClO3. The van der Waals surface area contributed by atoms with Gasteiger partial charge in [0.2, 0.25) is 0 Å². The Balaban J connectivity index is 1.72. The van der Waals surface area contributed by atoms with E-state index in [4.69, 9.17) is 16.7 Å². The molecule has 0 heterocycles. The maximum atomic E-state index is 12.5. The summed E-state index contributed by atoms with van der Waals surface area (Å²) in [6.07, 6.45) is 1.62. The van der Waals surface area contributed by atoms with Gasteiger partial charge in [-0.15, -0.1) is 0 Å². The molecular weight excluding hydrogens is 384 g/mol. The minimum absolute atomic E-state index is 0.0260. The summed E-state index contributed by atoms with van der Waals surface area (Å²) in [6.45, 7) is 0. The van der Waals surface area contributed by atoms with Gasteiger partial charge in [0.05, 0.1) is 0 Å². The molecule has 4 heteroatoms. The second kappa shape index (κ2) is 10.0. The van der Waals surface area contributed by atoms with Crippen LogP contribution in [0.1, 0.15) is 47.5 Å². The summed E-state index contributed by atoms with van der Waals surface area (Å²) < 4.78 is 0. The Morgan fingerprint density at radius 3 is 1.90 bits per heavy atom. The third-order valence-corrected chi connectivity index (χ3v) is 5.33. The summed E-state index contributed by atoms with van der Waals surface area (Å²) in [5.74, 6) is -0.705. The van der Waals surface area contributed by atoms with Crippen molar-refractivity contribution in [3.63, 3.8) is 0 Å². The topological polar surface area (TPSA) is 54.4 Å². The minimum Gasteiger partial charge on any atom is -0.481 e. The van der Waals surface area contributed by atoms with E-state index < -0.39 is 5.97 Å². The number of aliphatic carboxylic acids is 1. The first-order valence-electron chi connectivity index (χ1n) is 9.69. The van der Waals surface area contributed by atoms with E-state index in [9.17, 15) is 9.59 Å². The summed E-state index contributed by atoms with van der Waals surface area (Å²) in [5, 5.41) is 9.80. The van der Waals surface area contributed by atoms with Crippen LogP contribution in [0.5, 0.6) is 0 Å². The highest BCUT2D eigenvalue weighted by atomic mass is 35.5. The number of ketones is 1. The van der Waals surface area contributed by atoms with Gasteiger partial charge in [-0.05, 0) is 47.6 Å². The van der Waals surface area contributed by atoms with Crippen LogP contribution >= 0.6 is 11.6 Å². The van der Waals surface area contributed by atoms with Crippen LogP contribution in [0, 0.1) is 0 Å². The summed E-state index contributed by atoms with van der Waals surface area (Å²) >= 11 is 5.96. The molecule has 1 N–H and O–H groups in total. The lowest BCUT2D eigenvalue weighted by atomic mass is 9.87. The molecule has 0 aromatic heterocycles. The van der Waals surface area contributed by atoms with Crippen LogP contribution in [-0.4, -0.2) is 16.9 Å². The number of carboxylic acid groups (broad SMARTS) is 1. The predicted molar refractivity (Wildman–Crippen MR) is 117 cm³/mol. The Bertz CT molecular complexity index is 948. The highest BCUT2D eigenvalue weighted by molar-refractivity contribution is 6.30. The Morgan fingerprint density at radius 2 is 1.31 bits per heavy atom. The van der Waals surface area contributed by atoms with Gasteiger partial charge in [-0.25, -0.2) is 0 Å². The largest absolute Gasteiger partial charge is 0.481 e. The molecule has 0 saturated carbocycles. The van der Waals surface area contributed by atoms with Crippen LogP contribution in [0.3, 0.4) is 0 Å². The second-order valence-electron chi connectivity index (χ2n) is 7.09.